The van der Waals surface area contributed by atoms with Gasteiger partial charge in [0.2, 0.25) is 0 Å². The minimum absolute atomic E-state index is 0.0779. The van der Waals surface area contributed by atoms with Gasteiger partial charge in [0.25, 0.3) is 5.56 Å². The maximum atomic E-state index is 14.1. The molecule has 408 valence electrons. The van der Waals surface area contributed by atoms with Gasteiger partial charge >= 0.3 is 42.0 Å². The number of aliphatic carboxylic acids is 2. The van der Waals surface area contributed by atoms with Crippen LogP contribution in [-0.4, -0.2) is 107 Å². The number of aryl methyl sites for hydroxylation is 2. The Labute approximate surface area is 430 Å². The average Bonchev–Trinajstić information content (AvgIpc) is 3.59. The number of carbonyl (C=O) groups excluding carboxylic acids is 1. The number of hydrogen-bond acceptors (Lipinski definition) is 13. The molecule has 0 aliphatic heterocycles. The molecule has 20 nitrogen and oxygen atoms in total. The fourth-order valence-corrected chi connectivity index (χ4v) is 6.57. The molecule has 0 aliphatic rings. The van der Waals surface area contributed by atoms with E-state index in [0.29, 0.717) is 47.8 Å². The number of carbonyl (C=O) groups is 3. The predicted molar refractivity (Wildman–Crippen MR) is 260 cm³/mol. The SMILES string of the molecule is CCc1ccc(COc2ccc(-n3c(=O)cc(C(F)(F)F)n(C)c3=O)cc2)c(OC(C)C(=O)OC)c1.C[S+](C)C.Cc1nn(-c2cc(CC(Cl)C(=O)O)c(Cl)cc2F)c(=O)n1C(F)F.O=C(O)CNCP(=O)([O-])O. The zero-order chi connectivity index (χ0) is 56.6. The molecule has 3 unspecified atom stereocenters. The number of esters is 1. The first-order valence-corrected chi connectivity index (χ1v) is 26.0. The first-order valence-electron chi connectivity index (χ1n) is 21.0. The number of rotatable bonds is 17. The lowest BCUT2D eigenvalue weighted by Gasteiger charge is -2.17. The van der Waals surface area contributed by atoms with Gasteiger partial charge in [-0.3, -0.25) is 24.3 Å². The van der Waals surface area contributed by atoms with Crippen LogP contribution in [-0.2, 0) is 67.3 Å². The van der Waals surface area contributed by atoms with E-state index in [1.165, 1.54) is 31.4 Å². The van der Waals surface area contributed by atoms with Gasteiger partial charge < -0.3 is 38.8 Å². The minimum atomic E-state index is -4.84. The van der Waals surface area contributed by atoms with Crippen LogP contribution in [0.4, 0.5) is 26.3 Å². The summed E-state index contributed by atoms with van der Waals surface area (Å²) in [5, 5.41) is 20.9. The van der Waals surface area contributed by atoms with Crippen molar-refractivity contribution >= 4 is 59.6 Å². The fourth-order valence-electron chi connectivity index (χ4n) is 5.78. The molecule has 5 rings (SSSR count). The molecule has 0 saturated carbocycles. The van der Waals surface area contributed by atoms with E-state index >= 15 is 0 Å². The van der Waals surface area contributed by atoms with Crippen molar-refractivity contribution in [2.45, 2.75) is 64.4 Å². The third kappa shape index (κ3) is 19.6. The van der Waals surface area contributed by atoms with E-state index in [9.17, 15) is 64.6 Å². The van der Waals surface area contributed by atoms with E-state index in [2.05, 4.69) is 23.9 Å². The van der Waals surface area contributed by atoms with Crippen molar-refractivity contribution in [1.82, 2.24) is 28.8 Å². The molecule has 0 saturated heterocycles. The van der Waals surface area contributed by atoms with Gasteiger partial charge in [-0.1, -0.05) is 30.7 Å². The summed E-state index contributed by atoms with van der Waals surface area (Å²) in [5.41, 5.74) is -3.35. The lowest BCUT2D eigenvalue weighted by atomic mass is 10.1. The number of methoxy groups -OCH3 is 1. The molecule has 0 bridgehead atoms. The number of alkyl halides is 6. The predicted octanol–water partition coefficient (Wildman–Crippen LogP) is 5.06. The molecule has 0 amide bonds. The number of benzene rings is 3. The number of nitrogens with zero attached hydrogens (tertiary/aromatic N) is 5. The number of halogens is 8. The summed E-state index contributed by atoms with van der Waals surface area (Å²) >= 11 is 11.5. The monoisotopic (exact) mass is 1130 g/mol. The highest BCUT2D eigenvalue weighted by Gasteiger charge is 2.35. The van der Waals surface area contributed by atoms with Crippen molar-refractivity contribution in [3.63, 3.8) is 0 Å². The van der Waals surface area contributed by atoms with E-state index in [4.69, 9.17) is 52.5 Å². The Kier molecular flexibility index (Phi) is 24.7. The molecular weight excluding hydrogens is 1080 g/mol. The second kappa shape index (κ2) is 28.5. The Morgan fingerprint density at radius 2 is 1.57 bits per heavy atom. The van der Waals surface area contributed by atoms with Crippen LogP contribution in [0.25, 0.3) is 11.4 Å². The summed E-state index contributed by atoms with van der Waals surface area (Å²) < 4.78 is 107. The van der Waals surface area contributed by atoms with Crippen molar-refractivity contribution in [2.75, 3.05) is 38.7 Å². The van der Waals surface area contributed by atoms with Gasteiger partial charge in [0, 0.05) is 30.1 Å². The summed E-state index contributed by atoms with van der Waals surface area (Å²) in [4.78, 5) is 87.0. The van der Waals surface area contributed by atoms with Crippen LogP contribution >= 0.6 is 30.8 Å². The molecule has 3 aromatic carbocycles. The molecule has 3 atom stereocenters. The maximum Gasteiger partial charge on any atom is 0.431 e. The summed E-state index contributed by atoms with van der Waals surface area (Å²) in [6, 6.07) is 13.6. The van der Waals surface area contributed by atoms with E-state index in [1.807, 2.05) is 30.4 Å². The molecule has 0 spiro atoms. The van der Waals surface area contributed by atoms with Gasteiger partial charge in [-0.05, 0) is 84.8 Å². The van der Waals surface area contributed by atoms with Crippen LogP contribution in [0.2, 0.25) is 5.02 Å². The molecule has 74 heavy (non-hydrogen) atoms. The standard InChI is InChI=1S/C25H25F3N2O6.C13H10Cl2F3N3O3.C3H8NO5P.C3H9S/c1-5-16-6-7-17(20(12-16)36-15(2)23(32)34-4)14-35-19-10-8-18(9-11-19)30-22(31)13-21(25(26,27)28)29(3)24(30)33;1-5-19-21(13(24)20(5)12(17)18)10-3-6(2-8(15)11(22)23)7(14)4-9(10)16;5-3(6)1-4-2-10(7,8)9;1-4(2)3/h6-13,15H,5,14H2,1-4H3;3-4,8,12H,2H2,1H3,(H,22,23);4H,1-2H2,(H,5,6)(H2,7,8,9);1-3H3/q;;;+1/p-1. The number of aromatic nitrogens is 5. The van der Waals surface area contributed by atoms with Crippen LogP contribution in [0.5, 0.6) is 11.5 Å². The van der Waals surface area contributed by atoms with Crippen molar-refractivity contribution in [3.05, 3.63) is 131 Å². The lowest BCUT2D eigenvalue weighted by Crippen LogP contribution is -2.40. The van der Waals surface area contributed by atoms with Crippen molar-refractivity contribution in [3.8, 4) is 22.9 Å². The molecule has 0 fully saturated rings. The minimum Gasteiger partial charge on any atom is -0.778 e. The second-order valence-corrected chi connectivity index (χ2v) is 20.5. The number of nitrogens with one attached hydrogen (secondary N) is 1. The van der Waals surface area contributed by atoms with Crippen LogP contribution < -0.4 is 36.6 Å². The average molecular weight is 1140 g/mol. The van der Waals surface area contributed by atoms with Gasteiger partial charge in [0.15, 0.2) is 11.9 Å². The lowest BCUT2D eigenvalue weighted by molar-refractivity contribution is -0.193. The van der Waals surface area contributed by atoms with E-state index in [-0.39, 0.29) is 39.7 Å². The Hall–Kier alpha value is -6.09. The molecule has 0 radical (unpaired) electrons. The van der Waals surface area contributed by atoms with Crippen LogP contribution in [0.15, 0.2) is 75.0 Å². The van der Waals surface area contributed by atoms with Gasteiger partial charge in [-0.15, -0.1) is 16.7 Å². The summed E-state index contributed by atoms with van der Waals surface area (Å²) in [6.45, 7) is 1.18. The summed E-state index contributed by atoms with van der Waals surface area (Å²) in [5.74, 6) is -3.46. The van der Waals surface area contributed by atoms with Gasteiger partial charge in [0.1, 0.15) is 48.3 Å². The molecule has 30 heteroatoms. The Morgan fingerprint density at radius 3 is 2.05 bits per heavy atom. The highest BCUT2D eigenvalue weighted by Crippen LogP contribution is 2.29. The number of ether oxygens (including phenoxy) is 3. The van der Waals surface area contributed by atoms with Crippen molar-refractivity contribution < 1.29 is 79.5 Å². The molecule has 0 aliphatic carbocycles. The zero-order valence-corrected chi connectivity index (χ0v) is 43.7. The Morgan fingerprint density at radius 1 is 0.973 bits per heavy atom. The number of carboxylic acid groups (broad SMARTS) is 2. The fraction of sp³-hybridized carbons (Fsp3) is 0.386. The number of carboxylic acids is 2. The van der Waals surface area contributed by atoms with E-state index in [1.54, 1.807) is 6.92 Å². The molecule has 2 heterocycles. The van der Waals surface area contributed by atoms with E-state index in [0.717, 1.165) is 38.1 Å². The molecule has 4 N–H and O–H groups in total. The van der Waals surface area contributed by atoms with Crippen molar-refractivity contribution in [1.29, 1.82) is 0 Å². The number of hydrogen-bond donors (Lipinski definition) is 4. The smallest absolute Gasteiger partial charge is 0.431 e. The topological polar surface area (TPSA) is 276 Å². The quantitative estimate of drug-likeness (QED) is 0.0311. The Bertz CT molecular complexity index is 2970. The highest BCUT2D eigenvalue weighted by atomic mass is 35.5. The largest absolute Gasteiger partial charge is 0.778 e. The third-order valence-corrected chi connectivity index (χ3v) is 10.6. The highest BCUT2D eigenvalue weighted by molar-refractivity contribution is 7.94. The normalized spacial score (nSPS) is 12.7. The van der Waals surface area contributed by atoms with Gasteiger partial charge in [-0.2, -0.15) is 26.6 Å². The van der Waals surface area contributed by atoms with Crippen LogP contribution in [0.3, 0.4) is 0 Å². The van der Waals surface area contributed by atoms with E-state index < -0.39 is 96.7 Å². The molecule has 5 aromatic rings. The van der Waals surface area contributed by atoms with Gasteiger partial charge in [0.05, 0.1) is 44.4 Å². The third-order valence-electron chi connectivity index (χ3n) is 9.25. The van der Waals surface area contributed by atoms with Crippen LogP contribution in [0.1, 0.15) is 48.6 Å². The van der Waals surface area contributed by atoms with Gasteiger partial charge in [-0.25, -0.2) is 27.9 Å². The second-order valence-electron chi connectivity index (χ2n) is 15.5. The first-order chi connectivity index (χ1) is 34.2. The molecular formula is C44H51Cl2F6N6O14PS. The van der Waals surface area contributed by atoms with Crippen LogP contribution in [0, 0.1) is 12.7 Å². The summed E-state index contributed by atoms with van der Waals surface area (Å²) in [7, 11) is -1.49. The van der Waals surface area contributed by atoms with Crippen molar-refractivity contribution in [2.24, 2.45) is 7.05 Å². The first kappa shape index (κ1) is 64.0. The Balaban J connectivity index is 0.000000421. The maximum absolute atomic E-state index is 14.1. The summed E-state index contributed by atoms with van der Waals surface area (Å²) in [6.07, 6.45) is 0.709. The zero-order valence-electron chi connectivity index (χ0n) is 40.5. The molecule has 2 aromatic heterocycles.